The Labute approximate surface area is 216 Å². The molecule has 0 spiro atoms. The number of aromatic hydroxyl groups is 1. The molecule has 0 bridgehead atoms. The summed E-state index contributed by atoms with van der Waals surface area (Å²) in [6.45, 7) is 6.13. The van der Waals surface area contributed by atoms with Crippen LogP contribution < -0.4 is 0 Å². The normalized spacial score (nSPS) is 14.0. The summed E-state index contributed by atoms with van der Waals surface area (Å²) in [6.07, 6.45) is 4.15. The first-order chi connectivity index (χ1) is 17.0. The Hall–Kier alpha value is -3.74. The zero-order valence-corrected chi connectivity index (χ0v) is 21.3. The zero-order valence-electron chi connectivity index (χ0n) is 20.5. The first-order valence-electron chi connectivity index (χ1n) is 11.9. The lowest BCUT2D eigenvalue weighted by Crippen LogP contribution is -2.42. The number of likely N-dealkylation sites (tertiary alicyclic amines) is 1. The number of pyridine rings is 1. The average Bonchev–Trinajstić information content (AvgIpc) is 3.23. The van der Waals surface area contributed by atoms with Gasteiger partial charge in [-0.1, -0.05) is 30.3 Å². The molecule has 0 aliphatic carbocycles. The van der Waals surface area contributed by atoms with E-state index in [9.17, 15) is 5.11 Å². The number of aryl methyl sites for hydroxylation is 2. The highest BCUT2D eigenvalue weighted by molar-refractivity contribution is 5.88. The van der Waals surface area contributed by atoms with Gasteiger partial charge in [0.1, 0.15) is 11.4 Å². The molecule has 2 aromatic carbocycles. The van der Waals surface area contributed by atoms with E-state index in [1.807, 2.05) is 37.4 Å². The second-order valence-electron chi connectivity index (χ2n) is 9.56. The van der Waals surface area contributed by atoms with Crippen LogP contribution in [-0.2, 0) is 0 Å². The van der Waals surface area contributed by atoms with E-state index in [4.69, 9.17) is 0 Å². The van der Waals surface area contributed by atoms with E-state index in [0.29, 0.717) is 5.92 Å². The molecule has 1 saturated heterocycles. The number of halogens is 1. The number of phenolic OH excluding ortho intramolecular Hbond substituents is 1. The minimum absolute atomic E-state index is 0. The van der Waals surface area contributed by atoms with Crippen molar-refractivity contribution in [1.29, 1.82) is 0 Å². The van der Waals surface area contributed by atoms with Crippen LogP contribution in [0.5, 0.6) is 5.75 Å². The van der Waals surface area contributed by atoms with Crippen molar-refractivity contribution in [3.05, 3.63) is 90.0 Å². The third-order valence-electron chi connectivity index (χ3n) is 6.85. The highest BCUT2D eigenvalue weighted by Crippen LogP contribution is 2.39. The zero-order chi connectivity index (χ0) is 24.1. The molecule has 6 rings (SSSR count). The van der Waals surface area contributed by atoms with Crippen molar-refractivity contribution in [2.75, 3.05) is 20.1 Å². The molecule has 1 fully saturated rings. The van der Waals surface area contributed by atoms with Crippen LogP contribution in [0.2, 0.25) is 0 Å². The number of fused-ring (bicyclic) bond motifs is 1. The van der Waals surface area contributed by atoms with Gasteiger partial charge in [-0.3, -0.25) is 0 Å². The van der Waals surface area contributed by atoms with E-state index in [2.05, 4.69) is 75.0 Å². The largest absolute Gasteiger partial charge is 0.507 e. The van der Waals surface area contributed by atoms with Crippen LogP contribution in [0.25, 0.3) is 39.2 Å². The van der Waals surface area contributed by atoms with E-state index >= 15 is 0 Å². The van der Waals surface area contributed by atoms with Crippen LogP contribution in [0.3, 0.4) is 0 Å². The molecule has 1 aliphatic heterocycles. The molecule has 6 nitrogen and oxygen atoms in total. The number of aromatic nitrogens is 4. The number of imidazole rings is 1. The number of benzene rings is 2. The van der Waals surface area contributed by atoms with Gasteiger partial charge < -0.3 is 14.4 Å². The first kappa shape index (κ1) is 24.0. The van der Waals surface area contributed by atoms with Crippen molar-refractivity contribution in [1.82, 2.24) is 24.5 Å². The van der Waals surface area contributed by atoms with E-state index in [1.165, 1.54) is 0 Å². The fourth-order valence-corrected chi connectivity index (χ4v) is 5.01. The molecule has 0 unspecified atom stereocenters. The van der Waals surface area contributed by atoms with Crippen molar-refractivity contribution in [2.24, 2.45) is 0 Å². The molecule has 5 aromatic rings. The Kier molecular flexibility index (Phi) is 6.24. The summed E-state index contributed by atoms with van der Waals surface area (Å²) < 4.78 is 2.08. The number of likely N-dealkylation sites (N-methyl/N-ethyl adjacent to an activating group) is 1. The highest BCUT2D eigenvalue weighted by atomic mass is 35.5. The SMILES string of the molecule is Cc1cn2cc(-c3ccc(-c4ccc(C5CN(C)C5)nn4)c(-c4ccccc4O)c3)cc(C)c2n1.Cl. The lowest BCUT2D eigenvalue weighted by molar-refractivity contribution is 0.186. The molecule has 0 saturated carbocycles. The average molecular weight is 498 g/mol. The fourth-order valence-electron chi connectivity index (χ4n) is 5.01. The summed E-state index contributed by atoms with van der Waals surface area (Å²) in [5.41, 5.74) is 9.69. The number of hydrogen-bond donors (Lipinski definition) is 1. The topological polar surface area (TPSA) is 66.5 Å². The second kappa shape index (κ2) is 9.37. The summed E-state index contributed by atoms with van der Waals surface area (Å²) in [7, 11) is 2.12. The van der Waals surface area contributed by atoms with Crippen LogP contribution >= 0.6 is 12.4 Å². The number of rotatable bonds is 4. The molecule has 4 heterocycles. The number of phenols is 1. The maximum Gasteiger partial charge on any atom is 0.139 e. The second-order valence-corrected chi connectivity index (χ2v) is 9.56. The van der Waals surface area contributed by atoms with Crippen LogP contribution in [0.1, 0.15) is 22.9 Å². The molecule has 0 amide bonds. The quantitative estimate of drug-likeness (QED) is 0.335. The molecule has 0 atom stereocenters. The van der Waals surface area contributed by atoms with Crippen LogP contribution in [0.4, 0.5) is 0 Å². The van der Waals surface area contributed by atoms with Crippen LogP contribution in [0, 0.1) is 13.8 Å². The van der Waals surface area contributed by atoms with Crippen molar-refractivity contribution in [2.45, 2.75) is 19.8 Å². The Morgan fingerprint density at radius 1 is 0.833 bits per heavy atom. The molecule has 182 valence electrons. The van der Waals surface area contributed by atoms with Crippen molar-refractivity contribution < 1.29 is 5.11 Å². The molecular formula is C29H28ClN5O. The van der Waals surface area contributed by atoms with Gasteiger partial charge in [0.15, 0.2) is 0 Å². The lowest BCUT2D eigenvalue weighted by atomic mass is 9.92. The van der Waals surface area contributed by atoms with Crippen molar-refractivity contribution in [3.63, 3.8) is 0 Å². The lowest BCUT2D eigenvalue weighted by Gasteiger charge is -2.35. The van der Waals surface area contributed by atoms with Crippen LogP contribution in [-0.4, -0.2) is 49.7 Å². The summed E-state index contributed by atoms with van der Waals surface area (Å²) in [4.78, 5) is 6.90. The van der Waals surface area contributed by atoms with Crippen LogP contribution in [0.15, 0.2) is 73.1 Å². The van der Waals surface area contributed by atoms with E-state index < -0.39 is 0 Å². The smallest absolute Gasteiger partial charge is 0.139 e. The summed E-state index contributed by atoms with van der Waals surface area (Å²) in [5.74, 6) is 0.691. The molecule has 1 aliphatic rings. The number of nitrogens with zero attached hydrogens (tertiary/aromatic N) is 5. The van der Waals surface area contributed by atoms with E-state index in [-0.39, 0.29) is 18.2 Å². The van der Waals surface area contributed by atoms with Gasteiger partial charge in [-0.05, 0) is 73.5 Å². The Bertz CT molecular complexity index is 1550. The predicted molar refractivity (Wildman–Crippen MR) is 146 cm³/mol. The summed E-state index contributed by atoms with van der Waals surface area (Å²) in [6, 6.07) is 20.1. The molecule has 7 heteroatoms. The number of para-hydroxylation sites is 1. The fraction of sp³-hybridized carbons (Fsp3) is 0.207. The Morgan fingerprint density at radius 2 is 1.64 bits per heavy atom. The minimum Gasteiger partial charge on any atom is -0.507 e. The van der Waals surface area contributed by atoms with Crippen molar-refractivity contribution in [3.8, 4) is 39.3 Å². The highest BCUT2D eigenvalue weighted by Gasteiger charge is 2.26. The van der Waals surface area contributed by atoms with Gasteiger partial charge in [0.05, 0.1) is 17.1 Å². The minimum atomic E-state index is 0. The number of hydrogen-bond acceptors (Lipinski definition) is 5. The van der Waals surface area contributed by atoms with Gasteiger partial charge in [-0.2, -0.15) is 10.2 Å². The third-order valence-corrected chi connectivity index (χ3v) is 6.85. The van der Waals surface area contributed by atoms with E-state index in [1.54, 1.807) is 6.07 Å². The predicted octanol–water partition coefficient (Wildman–Crippen LogP) is 5.90. The standard InChI is InChI=1S/C29H27N5O.ClH/c1-18-12-21(17-34-14-19(2)30-29(18)34)20-8-9-23(25(13-20)24-6-4-5-7-28(24)35)27-11-10-26(31-32-27)22-15-33(3)16-22;/h4-14,17,22,35H,15-16H2,1-3H3;1H. The van der Waals surface area contributed by atoms with Gasteiger partial charge in [-0.25, -0.2) is 4.98 Å². The maximum atomic E-state index is 10.7. The van der Waals surface area contributed by atoms with Crippen molar-refractivity contribution >= 4 is 18.1 Å². The van der Waals surface area contributed by atoms with Gasteiger partial charge in [-0.15, -0.1) is 12.4 Å². The first-order valence-corrected chi connectivity index (χ1v) is 11.9. The van der Waals surface area contributed by atoms with E-state index in [0.717, 1.165) is 69.2 Å². The molecule has 1 N–H and O–H groups in total. The molecule has 0 radical (unpaired) electrons. The molecule has 36 heavy (non-hydrogen) atoms. The summed E-state index contributed by atoms with van der Waals surface area (Å²) in [5, 5.41) is 19.9. The Balaban J connectivity index is 0.00000267. The van der Waals surface area contributed by atoms with Gasteiger partial charge >= 0.3 is 0 Å². The monoisotopic (exact) mass is 497 g/mol. The molecule has 3 aromatic heterocycles. The van der Waals surface area contributed by atoms with Gasteiger partial charge in [0, 0.05) is 42.5 Å². The van der Waals surface area contributed by atoms with Gasteiger partial charge in [0.25, 0.3) is 0 Å². The maximum absolute atomic E-state index is 10.7. The Morgan fingerprint density at radius 3 is 2.36 bits per heavy atom. The molecular weight excluding hydrogens is 470 g/mol. The summed E-state index contributed by atoms with van der Waals surface area (Å²) >= 11 is 0. The van der Waals surface area contributed by atoms with Gasteiger partial charge in [0.2, 0.25) is 0 Å². The third kappa shape index (κ3) is 4.23.